The van der Waals surface area contributed by atoms with Gasteiger partial charge in [-0.1, -0.05) is 0 Å². The molecule has 0 aromatic carbocycles. The lowest BCUT2D eigenvalue weighted by Gasteiger charge is -1.95. The molecule has 0 bridgehead atoms. The summed E-state index contributed by atoms with van der Waals surface area (Å²) in [6.45, 7) is 0. The monoisotopic (exact) mass is 216 g/mol. The summed E-state index contributed by atoms with van der Waals surface area (Å²) in [5, 5.41) is -0.480. The Labute approximate surface area is 85.8 Å². The highest BCUT2D eigenvalue weighted by molar-refractivity contribution is 6.68. The quantitative estimate of drug-likeness (QED) is 0.685. The van der Waals surface area contributed by atoms with E-state index < -0.39 is 5.24 Å². The molecule has 0 aliphatic carbocycles. The van der Waals surface area contributed by atoms with Crippen LogP contribution in [0.3, 0.4) is 0 Å². The van der Waals surface area contributed by atoms with Gasteiger partial charge in [-0.15, -0.1) is 12.4 Å². The predicted octanol–water partition coefficient (Wildman–Crippen LogP) is 2.14. The number of imidazole rings is 1. The summed E-state index contributed by atoms with van der Waals surface area (Å²) >= 11 is 5.35. The average Bonchev–Trinajstić information content (AvgIpc) is 2.49. The number of nitrogens with zero attached hydrogens (tertiary/aromatic N) is 2. The van der Waals surface area contributed by atoms with E-state index in [1.165, 1.54) is 0 Å². The highest BCUT2D eigenvalue weighted by Gasteiger charge is 2.07. The Bertz CT molecular complexity index is 438. The van der Waals surface area contributed by atoms with Gasteiger partial charge in [0.2, 0.25) is 0 Å². The minimum Gasteiger partial charge on any atom is -0.306 e. The van der Waals surface area contributed by atoms with Crippen LogP contribution >= 0.6 is 24.0 Å². The maximum Gasteiger partial charge on any atom is 0.256 e. The molecule has 2 rings (SSSR count). The lowest BCUT2D eigenvalue weighted by atomic mass is 10.3. The molecule has 0 saturated carbocycles. The Morgan fingerprint density at radius 3 is 2.92 bits per heavy atom. The number of carbonyl (C=O) groups is 1. The van der Waals surface area contributed by atoms with Gasteiger partial charge in [0.15, 0.2) is 0 Å². The molecule has 0 atom stereocenters. The van der Waals surface area contributed by atoms with Crippen molar-refractivity contribution < 1.29 is 4.79 Å². The Hall–Kier alpha value is -1.06. The molecule has 0 saturated heterocycles. The van der Waals surface area contributed by atoms with E-state index in [-0.39, 0.29) is 12.4 Å². The Morgan fingerprint density at radius 1 is 1.46 bits per heavy atom. The number of hydrogen-bond donors (Lipinski definition) is 0. The van der Waals surface area contributed by atoms with E-state index >= 15 is 0 Å². The van der Waals surface area contributed by atoms with Crippen molar-refractivity contribution in [3.05, 3.63) is 36.3 Å². The molecule has 0 aliphatic rings. The Kier molecular flexibility index (Phi) is 2.90. The van der Waals surface area contributed by atoms with Gasteiger partial charge in [0.05, 0.1) is 5.56 Å². The van der Waals surface area contributed by atoms with E-state index in [4.69, 9.17) is 11.6 Å². The zero-order chi connectivity index (χ0) is 8.55. The molecular weight excluding hydrogens is 211 g/mol. The van der Waals surface area contributed by atoms with Crippen LogP contribution in [0.2, 0.25) is 0 Å². The van der Waals surface area contributed by atoms with Gasteiger partial charge in [-0.2, -0.15) is 0 Å². The predicted molar refractivity (Wildman–Crippen MR) is 52.6 cm³/mol. The van der Waals surface area contributed by atoms with Crippen LogP contribution in [0.15, 0.2) is 30.7 Å². The van der Waals surface area contributed by atoms with Crippen molar-refractivity contribution >= 4 is 34.9 Å². The molecule has 0 radical (unpaired) electrons. The fourth-order valence-corrected chi connectivity index (χ4v) is 1.25. The van der Waals surface area contributed by atoms with Gasteiger partial charge in [-0.3, -0.25) is 4.79 Å². The number of carbonyl (C=O) groups excluding carboxylic acids is 1. The summed E-state index contributed by atoms with van der Waals surface area (Å²) in [5.74, 6) is 0. The zero-order valence-electron chi connectivity index (χ0n) is 6.48. The maximum absolute atomic E-state index is 10.9. The van der Waals surface area contributed by atoms with Crippen molar-refractivity contribution in [3.63, 3.8) is 0 Å². The first kappa shape index (κ1) is 10.0. The summed E-state index contributed by atoms with van der Waals surface area (Å²) in [6.07, 6.45) is 5.20. The maximum atomic E-state index is 10.9. The topological polar surface area (TPSA) is 34.4 Å². The summed E-state index contributed by atoms with van der Waals surface area (Å²) < 4.78 is 1.75. The molecule has 2 aromatic rings. The second-order valence-electron chi connectivity index (χ2n) is 2.35. The van der Waals surface area contributed by atoms with Crippen LogP contribution in [-0.4, -0.2) is 14.6 Å². The molecule has 2 heterocycles. The van der Waals surface area contributed by atoms with Crippen LogP contribution < -0.4 is 0 Å². The fourth-order valence-electron chi connectivity index (χ4n) is 1.10. The van der Waals surface area contributed by atoms with E-state index in [1.807, 2.05) is 6.20 Å². The molecule has 0 aliphatic heterocycles. The van der Waals surface area contributed by atoms with E-state index in [0.29, 0.717) is 11.2 Å². The Balaban J connectivity index is 0.000000845. The van der Waals surface area contributed by atoms with Gasteiger partial charge < -0.3 is 4.40 Å². The normalized spacial score (nSPS) is 9.62. The largest absolute Gasteiger partial charge is 0.306 e. The van der Waals surface area contributed by atoms with Crippen molar-refractivity contribution in [1.29, 1.82) is 0 Å². The third-order valence-electron chi connectivity index (χ3n) is 1.63. The molecule has 0 spiro atoms. The van der Waals surface area contributed by atoms with Crippen LogP contribution in [-0.2, 0) is 0 Å². The third-order valence-corrected chi connectivity index (χ3v) is 1.83. The first-order valence-corrected chi connectivity index (χ1v) is 3.78. The van der Waals surface area contributed by atoms with Gasteiger partial charge in [0.1, 0.15) is 5.65 Å². The van der Waals surface area contributed by atoms with E-state index in [0.717, 1.165) is 0 Å². The number of pyridine rings is 1. The number of hydrogen-bond acceptors (Lipinski definition) is 2. The van der Waals surface area contributed by atoms with Crippen LogP contribution in [0.1, 0.15) is 10.4 Å². The van der Waals surface area contributed by atoms with Crippen LogP contribution in [0, 0.1) is 0 Å². The number of halogens is 2. The molecule has 0 unspecified atom stereocenters. The first-order valence-electron chi connectivity index (χ1n) is 3.40. The van der Waals surface area contributed by atoms with Crippen LogP contribution in [0.4, 0.5) is 0 Å². The van der Waals surface area contributed by atoms with E-state index in [1.54, 1.807) is 28.9 Å². The number of rotatable bonds is 1. The molecule has 0 fully saturated rings. The van der Waals surface area contributed by atoms with Crippen molar-refractivity contribution in [3.8, 4) is 0 Å². The van der Waals surface area contributed by atoms with E-state index in [2.05, 4.69) is 4.98 Å². The van der Waals surface area contributed by atoms with Crippen LogP contribution in [0.25, 0.3) is 5.65 Å². The molecule has 68 valence electrons. The van der Waals surface area contributed by atoms with Crippen molar-refractivity contribution in [1.82, 2.24) is 9.38 Å². The van der Waals surface area contributed by atoms with E-state index in [9.17, 15) is 4.79 Å². The minimum atomic E-state index is -0.480. The molecule has 5 heteroatoms. The lowest BCUT2D eigenvalue weighted by molar-refractivity contribution is 0.108. The third kappa shape index (κ3) is 1.66. The molecule has 3 nitrogen and oxygen atoms in total. The van der Waals surface area contributed by atoms with Crippen molar-refractivity contribution in [2.24, 2.45) is 0 Å². The molecule has 2 aromatic heterocycles. The van der Waals surface area contributed by atoms with Gasteiger partial charge >= 0.3 is 0 Å². The molecule has 13 heavy (non-hydrogen) atoms. The highest BCUT2D eigenvalue weighted by atomic mass is 35.5. The number of fused-ring (bicyclic) bond motifs is 1. The van der Waals surface area contributed by atoms with Gasteiger partial charge in [-0.05, 0) is 23.7 Å². The first-order chi connectivity index (χ1) is 5.79. The molecular formula is C8H6Cl2N2O. The highest BCUT2D eigenvalue weighted by Crippen LogP contribution is 2.10. The standard InChI is InChI=1S/C8H5ClN2O.ClH/c9-7(12)6-2-1-4-11-5-3-10-8(6)11;/h1-5H;1H. The Morgan fingerprint density at radius 2 is 2.23 bits per heavy atom. The average molecular weight is 217 g/mol. The fraction of sp³-hybridized carbons (Fsp3) is 0. The van der Waals surface area contributed by atoms with Gasteiger partial charge in [0, 0.05) is 18.6 Å². The SMILES string of the molecule is Cl.O=C(Cl)c1cccn2ccnc12. The van der Waals surface area contributed by atoms with Crippen molar-refractivity contribution in [2.75, 3.05) is 0 Å². The second-order valence-corrected chi connectivity index (χ2v) is 2.70. The molecule has 0 N–H and O–H groups in total. The summed E-state index contributed by atoms with van der Waals surface area (Å²) in [7, 11) is 0. The molecule has 0 amide bonds. The smallest absolute Gasteiger partial charge is 0.256 e. The van der Waals surface area contributed by atoms with Crippen LogP contribution in [0.5, 0.6) is 0 Å². The zero-order valence-corrected chi connectivity index (χ0v) is 8.05. The lowest BCUT2D eigenvalue weighted by Crippen LogP contribution is -1.94. The van der Waals surface area contributed by atoms with Gasteiger partial charge in [-0.25, -0.2) is 4.98 Å². The summed E-state index contributed by atoms with van der Waals surface area (Å²) in [5.41, 5.74) is 1.03. The second kappa shape index (κ2) is 3.77. The van der Waals surface area contributed by atoms with Gasteiger partial charge in [0.25, 0.3) is 5.24 Å². The van der Waals surface area contributed by atoms with Crippen molar-refractivity contribution in [2.45, 2.75) is 0 Å². The number of aromatic nitrogens is 2. The summed E-state index contributed by atoms with van der Waals surface area (Å²) in [4.78, 5) is 14.9. The minimum absolute atomic E-state index is 0. The summed E-state index contributed by atoms with van der Waals surface area (Å²) in [6, 6.07) is 3.40.